The summed E-state index contributed by atoms with van der Waals surface area (Å²) < 4.78 is 67.7. The Labute approximate surface area is 125 Å². The van der Waals surface area contributed by atoms with Crippen LogP contribution >= 0.6 is 0 Å². The van der Waals surface area contributed by atoms with Crippen LogP contribution in [0.2, 0.25) is 0 Å². The van der Waals surface area contributed by atoms with Crippen LogP contribution in [0.3, 0.4) is 0 Å². The van der Waals surface area contributed by atoms with Gasteiger partial charge in [-0.05, 0) is 37.5 Å². The van der Waals surface area contributed by atoms with Crippen LogP contribution in [0, 0.1) is 0 Å². The van der Waals surface area contributed by atoms with Gasteiger partial charge in [-0.2, -0.15) is 26.3 Å². The average molecular weight is 362 g/mol. The van der Waals surface area contributed by atoms with Gasteiger partial charge in [0, 0.05) is 0 Å². The van der Waals surface area contributed by atoms with Gasteiger partial charge in [0.2, 0.25) is 0 Å². The molecule has 11 heteroatoms. The normalized spacial score (nSPS) is 12.8. The zero-order valence-electron chi connectivity index (χ0n) is 10.4. The molecular formula is C10H8F6FeO4. The van der Waals surface area contributed by atoms with Crippen LogP contribution in [0.4, 0.5) is 26.3 Å². The largest absolute Gasteiger partial charge is 2.00 e. The Morgan fingerprint density at radius 1 is 0.762 bits per heavy atom. The van der Waals surface area contributed by atoms with Gasteiger partial charge in [0.25, 0.3) is 0 Å². The summed E-state index contributed by atoms with van der Waals surface area (Å²) in [7, 11) is 0. The van der Waals surface area contributed by atoms with E-state index in [0.717, 1.165) is 13.8 Å². The third-order valence-corrected chi connectivity index (χ3v) is 1.23. The van der Waals surface area contributed by atoms with E-state index in [1.165, 1.54) is 0 Å². The summed E-state index contributed by atoms with van der Waals surface area (Å²) in [6, 6.07) is 0. The molecule has 0 aliphatic rings. The van der Waals surface area contributed by atoms with E-state index >= 15 is 0 Å². The minimum absolute atomic E-state index is 0. The number of hydrogen-bond donors (Lipinski definition) is 0. The first-order valence-corrected chi connectivity index (χ1v) is 4.61. The molecule has 0 atom stereocenters. The molecule has 0 amide bonds. The van der Waals surface area contributed by atoms with Crippen LogP contribution in [-0.4, -0.2) is 23.9 Å². The van der Waals surface area contributed by atoms with Crippen molar-refractivity contribution in [1.29, 1.82) is 0 Å². The van der Waals surface area contributed by atoms with Gasteiger partial charge in [-0.15, -0.1) is 0 Å². The standard InChI is InChI=1S/2C5H5F3O2.Fe/c2*1-3(9)2-4(10)5(6,7)8;/h2*2,10H,1H3;/q;;+2/p-2/b4-2+;4-2-;. The quantitative estimate of drug-likeness (QED) is 0.315. The smallest absolute Gasteiger partial charge is 0.869 e. The Morgan fingerprint density at radius 3 is 1.00 bits per heavy atom. The van der Waals surface area contributed by atoms with E-state index in [-0.39, 0.29) is 29.2 Å². The van der Waals surface area contributed by atoms with Gasteiger partial charge in [0.1, 0.15) is 0 Å². The zero-order valence-corrected chi connectivity index (χ0v) is 11.5. The van der Waals surface area contributed by atoms with E-state index in [9.17, 15) is 46.1 Å². The molecule has 0 aromatic heterocycles. The first-order valence-electron chi connectivity index (χ1n) is 4.61. The molecule has 0 bridgehead atoms. The van der Waals surface area contributed by atoms with Gasteiger partial charge >= 0.3 is 29.4 Å². The molecule has 0 unspecified atom stereocenters. The van der Waals surface area contributed by atoms with Crippen LogP contribution in [0.5, 0.6) is 0 Å². The second kappa shape index (κ2) is 9.45. The number of carbonyl (C=O) groups is 2. The van der Waals surface area contributed by atoms with Crippen molar-refractivity contribution in [1.82, 2.24) is 0 Å². The first kappa shape index (κ1) is 24.5. The molecule has 0 saturated carbocycles. The van der Waals surface area contributed by atoms with E-state index in [2.05, 4.69) is 0 Å². The van der Waals surface area contributed by atoms with E-state index in [4.69, 9.17) is 0 Å². The topological polar surface area (TPSA) is 80.3 Å². The van der Waals surface area contributed by atoms with Gasteiger partial charge < -0.3 is 10.2 Å². The van der Waals surface area contributed by atoms with Crippen molar-refractivity contribution in [2.24, 2.45) is 0 Å². The van der Waals surface area contributed by atoms with Gasteiger partial charge in [-0.25, -0.2) is 0 Å². The fourth-order valence-electron chi connectivity index (χ4n) is 0.533. The van der Waals surface area contributed by atoms with Crippen LogP contribution < -0.4 is 10.2 Å². The van der Waals surface area contributed by atoms with Crippen molar-refractivity contribution >= 4 is 11.6 Å². The third kappa shape index (κ3) is 14.7. The third-order valence-electron chi connectivity index (χ3n) is 1.23. The number of rotatable bonds is 2. The molecule has 0 aromatic carbocycles. The first-order chi connectivity index (χ1) is 8.67. The molecule has 0 spiro atoms. The summed E-state index contributed by atoms with van der Waals surface area (Å²) in [4.78, 5) is 19.8. The molecule has 0 N–H and O–H groups in total. The van der Waals surface area contributed by atoms with Crippen molar-refractivity contribution in [2.45, 2.75) is 26.2 Å². The molecule has 4 nitrogen and oxygen atoms in total. The second-order valence-corrected chi connectivity index (χ2v) is 3.23. The number of allylic oxidation sites excluding steroid dienone is 4. The van der Waals surface area contributed by atoms with Crippen LogP contribution in [0.15, 0.2) is 23.7 Å². The number of ketones is 2. The Morgan fingerprint density at radius 2 is 0.952 bits per heavy atom. The predicted octanol–water partition coefficient (Wildman–Crippen LogP) is 0.761. The molecule has 0 rings (SSSR count). The maximum absolute atomic E-state index is 11.3. The molecule has 0 saturated heterocycles. The minimum Gasteiger partial charge on any atom is -0.869 e. The van der Waals surface area contributed by atoms with E-state index in [1.54, 1.807) is 0 Å². The molecule has 0 radical (unpaired) electrons. The Hall–Kier alpha value is -1.48. The predicted molar refractivity (Wildman–Crippen MR) is 49.6 cm³/mol. The van der Waals surface area contributed by atoms with Gasteiger partial charge in [0.15, 0.2) is 11.6 Å². The fourth-order valence-corrected chi connectivity index (χ4v) is 0.533. The molecule has 122 valence electrons. The summed E-state index contributed by atoms with van der Waals surface area (Å²) in [6.07, 6.45) is -9.82. The summed E-state index contributed by atoms with van der Waals surface area (Å²) in [6.45, 7) is 1.76. The van der Waals surface area contributed by atoms with Crippen molar-refractivity contribution in [3.8, 4) is 0 Å². The maximum atomic E-state index is 11.3. The van der Waals surface area contributed by atoms with E-state index in [0.29, 0.717) is 0 Å². The van der Waals surface area contributed by atoms with Gasteiger partial charge in [-0.1, -0.05) is 0 Å². The Balaban J connectivity index is -0.000000295. The van der Waals surface area contributed by atoms with Gasteiger partial charge in [-0.3, -0.25) is 9.59 Å². The van der Waals surface area contributed by atoms with Crippen molar-refractivity contribution in [3.63, 3.8) is 0 Å². The molecule has 0 heterocycles. The molecule has 21 heavy (non-hydrogen) atoms. The number of hydrogen-bond acceptors (Lipinski definition) is 4. The fraction of sp³-hybridized carbons (Fsp3) is 0.400. The monoisotopic (exact) mass is 362 g/mol. The van der Waals surface area contributed by atoms with E-state index < -0.39 is 35.4 Å². The zero-order chi connectivity index (χ0) is 16.7. The Kier molecular flexibility index (Phi) is 11.0. The SMILES string of the molecule is CC(=O)/C=C(/[O-])C(F)(F)F.CC(=O)/C=C(\[O-])C(F)(F)F.[Fe+2]. The summed E-state index contributed by atoms with van der Waals surface area (Å²) >= 11 is 0. The molecule has 0 aliphatic carbocycles. The summed E-state index contributed by atoms with van der Waals surface area (Å²) in [5, 5.41) is 19.7. The number of halogens is 6. The van der Waals surface area contributed by atoms with Crippen molar-refractivity contribution < 1.29 is 63.2 Å². The van der Waals surface area contributed by atoms with Crippen LogP contribution in [-0.2, 0) is 26.7 Å². The Bertz CT molecular complexity index is 382. The summed E-state index contributed by atoms with van der Waals surface area (Å²) in [5.41, 5.74) is 0. The molecule has 0 aliphatic heterocycles. The summed E-state index contributed by atoms with van der Waals surface area (Å²) in [5.74, 6) is -6.02. The molecule has 0 fully saturated rings. The maximum Gasteiger partial charge on any atom is 2.00 e. The minimum atomic E-state index is -4.92. The van der Waals surface area contributed by atoms with Gasteiger partial charge in [0.05, 0.1) is 0 Å². The number of carbonyl (C=O) groups excluding carboxylic acids is 2. The van der Waals surface area contributed by atoms with Crippen molar-refractivity contribution in [3.05, 3.63) is 23.7 Å². The molecular weight excluding hydrogens is 354 g/mol. The molecule has 0 aromatic rings. The van der Waals surface area contributed by atoms with Crippen molar-refractivity contribution in [2.75, 3.05) is 0 Å². The van der Waals surface area contributed by atoms with Crippen LogP contribution in [0.25, 0.3) is 0 Å². The average Bonchev–Trinajstić information content (AvgIpc) is 2.13. The van der Waals surface area contributed by atoms with Crippen LogP contribution in [0.1, 0.15) is 13.8 Å². The number of alkyl halides is 6. The second-order valence-electron chi connectivity index (χ2n) is 3.23. The van der Waals surface area contributed by atoms with E-state index in [1.807, 2.05) is 0 Å².